The van der Waals surface area contributed by atoms with Gasteiger partial charge in [-0.1, -0.05) is 148 Å². The summed E-state index contributed by atoms with van der Waals surface area (Å²) in [5, 5.41) is 56.4. The lowest BCUT2D eigenvalue weighted by molar-refractivity contribution is -0.248. The van der Waals surface area contributed by atoms with Crippen molar-refractivity contribution in [3.8, 4) is 11.5 Å². The molecule has 60 heavy (non-hydrogen) atoms. The Balaban J connectivity index is 1.20. The van der Waals surface area contributed by atoms with E-state index in [0.717, 1.165) is 12.5 Å². The summed E-state index contributed by atoms with van der Waals surface area (Å²) in [5.41, 5.74) is -2.25. The van der Waals surface area contributed by atoms with Gasteiger partial charge >= 0.3 is 0 Å². The number of aliphatic hydroxyl groups excluding tert-OH is 2. The second-order valence-electron chi connectivity index (χ2n) is 18.5. The highest BCUT2D eigenvalue weighted by molar-refractivity contribution is 6.75. The van der Waals surface area contributed by atoms with Crippen molar-refractivity contribution in [3.05, 3.63) is 57.1 Å². The van der Waals surface area contributed by atoms with Crippen LogP contribution >= 0.6 is 0 Å². The van der Waals surface area contributed by atoms with Crippen LogP contribution in [0.15, 0.2) is 18.2 Å². The number of carbonyl (C=O) groups excluding carboxylic acids is 3. The molecule has 0 spiro atoms. The van der Waals surface area contributed by atoms with E-state index >= 15 is 0 Å². The van der Waals surface area contributed by atoms with Gasteiger partial charge in [-0.05, 0) is 25.0 Å². The molecule has 0 amide bonds. The van der Waals surface area contributed by atoms with Gasteiger partial charge in [0.25, 0.3) is 0 Å². The molecular weight excluding hydrogens is 779 g/mol. The highest BCUT2D eigenvalue weighted by Crippen LogP contribution is 2.52. The van der Waals surface area contributed by atoms with Gasteiger partial charge in [-0.25, -0.2) is 0 Å². The van der Waals surface area contributed by atoms with E-state index in [0.29, 0.717) is 12.0 Å². The molecule has 3 aliphatic rings. The van der Waals surface area contributed by atoms with Crippen molar-refractivity contribution < 1.29 is 49.4 Å². The number of unbranched alkanes of at least 4 members (excludes halogenated alkanes) is 15. The van der Waals surface area contributed by atoms with E-state index in [2.05, 4.69) is 25.0 Å². The molecule has 0 radical (unpaired) electrons. The summed E-state index contributed by atoms with van der Waals surface area (Å²) in [5.74, 6) is -3.40. The highest BCUT2D eigenvalue weighted by atomic mass is 28.3. The first-order valence-corrected chi connectivity index (χ1v) is 26.3. The van der Waals surface area contributed by atoms with E-state index in [4.69, 9.17) is 9.47 Å². The smallest absolute Gasteiger partial charge is 0.198 e. The number of hydrogen-bond acceptors (Lipinski definition) is 11. The molecule has 1 fully saturated rings. The minimum Gasteiger partial charge on any atom is -0.507 e. The number of aryl methyl sites for hydroxylation is 1. The predicted octanol–water partition coefficient (Wildman–Crippen LogP) is 8.65. The quantitative estimate of drug-likeness (QED) is 0.0288. The molecule has 0 saturated carbocycles. The van der Waals surface area contributed by atoms with Gasteiger partial charge in [0.1, 0.15) is 31.9 Å². The Hall–Kier alpha value is -2.97. The molecule has 0 aromatic heterocycles. The summed E-state index contributed by atoms with van der Waals surface area (Å²) >= 11 is 0. The largest absolute Gasteiger partial charge is 0.507 e. The maximum atomic E-state index is 14.1. The number of phenols is 2. The normalized spacial score (nSPS) is 24.0. The molecule has 12 heteroatoms. The fourth-order valence-corrected chi connectivity index (χ4v) is 12.3. The Morgan fingerprint density at radius 1 is 0.850 bits per heavy atom. The minimum absolute atomic E-state index is 0.0228. The molecule has 1 aliphatic heterocycles. The molecule has 1 heterocycles. The van der Waals surface area contributed by atoms with Crippen molar-refractivity contribution in [3.63, 3.8) is 0 Å². The number of ether oxygens (including phenoxy) is 2. The summed E-state index contributed by atoms with van der Waals surface area (Å²) in [6.07, 6.45) is 17.0. The van der Waals surface area contributed by atoms with Crippen molar-refractivity contribution in [2.45, 2.75) is 205 Å². The van der Waals surface area contributed by atoms with E-state index in [1.54, 1.807) is 19.1 Å². The van der Waals surface area contributed by atoms with Crippen molar-refractivity contribution in [2.24, 2.45) is 0 Å². The lowest BCUT2D eigenvalue weighted by Crippen LogP contribution is -2.61. The van der Waals surface area contributed by atoms with Gasteiger partial charge in [0.05, 0.1) is 29.4 Å². The lowest BCUT2D eigenvalue weighted by Gasteiger charge is -2.44. The van der Waals surface area contributed by atoms with Gasteiger partial charge in [-0.15, -0.1) is 0 Å². The molecule has 6 atom stereocenters. The van der Waals surface area contributed by atoms with Crippen molar-refractivity contribution in [1.82, 2.24) is 4.98 Å². The summed E-state index contributed by atoms with van der Waals surface area (Å²) in [6.45, 7) is 9.38. The number of aromatic hydroxyl groups is 2. The number of fused-ring (bicyclic) bond motifs is 3. The molecule has 1 unspecified atom stereocenters. The van der Waals surface area contributed by atoms with Gasteiger partial charge in [0, 0.05) is 47.6 Å². The molecule has 2 aromatic carbocycles. The number of rotatable bonds is 24. The number of benzene rings is 2. The van der Waals surface area contributed by atoms with Crippen LogP contribution in [0.25, 0.3) is 0 Å². The van der Waals surface area contributed by atoms with Crippen LogP contribution in [0, 0.1) is 0 Å². The molecule has 2 aromatic rings. The molecule has 334 valence electrons. The van der Waals surface area contributed by atoms with Crippen LogP contribution in [0.5, 0.6) is 11.5 Å². The minimum atomic E-state index is -2.22. The van der Waals surface area contributed by atoms with E-state index in [1.807, 2.05) is 6.92 Å². The number of phenolic OH excluding ortho intramolecular Hbond substituents is 2. The summed E-state index contributed by atoms with van der Waals surface area (Å²) in [7, 11) is -2.01. The first kappa shape index (κ1) is 48.1. The SMILES string of the molecule is CCCCCCCCCCCCCCCCCC[Si](C)(C)N[C@@H]1CC(O[C@@H]2C[C@](O)(C(=O)CO)Cc3c(O)c4c(c(O)c32)C(=O)c2c(CC)cccc2C4=O)O[C@H](C)[C@@H]1O. The van der Waals surface area contributed by atoms with E-state index in [1.165, 1.54) is 102 Å². The summed E-state index contributed by atoms with van der Waals surface area (Å²) < 4.78 is 12.6. The number of aliphatic hydroxyl groups is 3. The van der Waals surface area contributed by atoms with E-state index < -0.39 is 98.3 Å². The van der Waals surface area contributed by atoms with E-state index in [-0.39, 0.29) is 34.2 Å². The Morgan fingerprint density at radius 3 is 1.98 bits per heavy atom. The highest BCUT2D eigenvalue weighted by Gasteiger charge is 2.50. The summed E-state index contributed by atoms with van der Waals surface area (Å²) in [4.78, 5) is 44.8. The number of Topliss-reactive ketones (excluding diaryl/α,β-unsaturated/α-hetero) is 1. The third-order valence-corrected chi connectivity index (χ3v) is 16.0. The van der Waals surface area contributed by atoms with Gasteiger partial charge in [-0.3, -0.25) is 14.4 Å². The predicted molar refractivity (Wildman–Crippen MR) is 235 cm³/mol. The molecule has 0 bridgehead atoms. The molecule has 6 N–H and O–H groups in total. The monoisotopic (exact) mass is 852 g/mol. The van der Waals surface area contributed by atoms with Crippen LogP contribution in [-0.2, 0) is 27.1 Å². The van der Waals surface area contributed by atoms with Crippen LogP contribution in [0.4, 0.5) is 0 Å². The van der Waals surface area contributed by atoms with Crippen molar-refractivity contribution >= 4 is 25.6 Å². The maximum absolute atomic E-state index is 14.1. The standard InChI is InChI=1S/C48H73NO10Si/c1-6-8-9-10-11-12-13-14-15-16-17-18-19-20-21-22-26-60(4,5)49-35-27-38(58-31(3)43(35)52)59-36-29-48(57,37(51)30-50)28-34-40(36)47(56)42-41(45(34)54)44(53)33-25-23-24-32(7-2)39(33)46(42)55/h23-25,31,35-36,38,43,49-50,52,54,56-57H,6-22,26-30H2,1-5H3/t31-,35-,36-,38?,43+,48+/m1/s1. The fourth-order valence-electron chi connectivity index (χ4n) is 9.78. The zero-order chi connectivity index (χ0) is 43.6. The number of ketones is 3. The van der Waals surface area contributed by atoms with Crippen LogP contribution < -0.4 is 4.98 Å². The zero-order valence-corrected chi connectivity index (χ0v) is 38.0. The zero-order valence-electron chi connectivity index (χ0n) is 37.0. The fraction of sp³-hybridized carbons (Fsp3) is 0.688. The van der Waals surface area contributed by atoms with Crippen molar-refractivity contribution in [2.75, 3.05) is 6.61 Å². The average Bonchev–Trinajstić information content (AvgIpc) is 3.21. The Labute approximate surface area is 358 Å². The third kappa shape index (κ3) is 11.3. The first-order chi connectivity index (χ1) is 28.7. The Bertz CT molecular complexity index is 1800. The van der Waals surface area contributed by atoms with Gasteiger partial charge < -0.3 is 40.0 Å². The molecule has 2 aliphatic carbocycles. The van der Waals surface area contributed by atoms with Gasteiger partial charge in [0.2, 0.25) is 0 Å². The average molecular weight is 852 g/mol. The second kappa shape index (κ2) is 21.9. The second-order valence-corrected chi connectivity index (χ2v) is 23.1. The van der Waals surface area contributed by atoms with Crippen LogP contribution in [0.3, 0.4) is 0 Å². The Morgan fingerprint density at radius 2 is 1.42 bits per heavy atom. The molecule has 11 nitrogen and oxygen atoms in total. The van der Waals surface area contributed by atoms with Gasteiger partial charge in [-0.2, -0.15) is 0 Å². The lowest BCUT2D eigenvalue weighted by atomic mass is 9.71. The molecule has 5 rings (SSSR count). The van der Waals surface area contributed by atoms with E-state index in [9.17, 15) is 39.9 Å². The maximum Gasteiger partial charge on any atom is 0.198 e. The number of hydrogen-bond donors (Lipinski definition) is 6. The molecular formula is C48H73NO10Si. The topological polar surface area (TPSA) is 183 Å². The Kier molecular flexibility index (Phi) is 17.5. The van der Waals surface area contributed by atoms with Crippen LogP contribution in [0.1, 0.15) is 191 Å². The van der Waals surface area contributed by atoms with Gasteiger partial charge in [0.15, 0.2) is 23.6 Å². The third-order valence-electron chi connectivity index (χ3n) is 13.3. The van der Waals surface area contributed by atoms with Crippen LogP contribution in [0.2, 0.25) is 19.1 Å². The first-order valence-electron chi connectivity index (χ1n) is 23.1. The number of nitrogens with one attached hydrogen (secondary N) is 1. The molecule has 1 saturated heterocycles. The number of carbonyl (C=O) groups is 3. The van der Waals surface area contributed by atoms with Crippen LogP contribution in [-0.4, -0.2) is 87.9 Å². The summed E-state index contributed by atoms with van der Waals surface area (Å²) in [6, 6.07) is 5.53. The van der Waals surface area contributed by atoms with Crippen molar-refractivity contribution in [1.29, 1.82) is 0 Å².